The average molecular weight is 252 g/mol. The Balaban J connectivity index is 1.68. The zero-order chi connectivity index (χ0) is 11.5. The fraction of sp³-hybridized carbons (Fsp3) is 0.500. The molecule has 0 aromatic carbocycles. The summed E-state index contributed by atoms with van der Waals surface area (Å²) in [6.45, 7) is 2.34. The predicted octanol–water partition coefficient (Wildman–Crippen LogP) is 0.724. The Hall–Kier alpha value is -1.31. The van der Waals surface area contributed by atoms with Gasteiger partial charge in [0.2, 0.25) is 11.7 Å². The van der Waals surface area contributed by atoms with E-state index in [1.165, 1.54) is 11.3 Å². The number of nitrogens with zero attached hydrogens (tertiary/aromatic N) is 3. The van der Waals surface area contributed by atoms with Crippen molar-refractivity contribution in [3.05, 3.63) is 17.6 Å². The van der Waals surface area contributed by atoms with Crippen LogP contribution >= 0.6 is 11.3 Å². The second kappa shape index (κ2) is 4.91. The second-order valence-corrected chi connectivity index (χ2v) is 4.69. The smallest absolute Gasteiger partial charge is 0.228 e. The normalized spacial score (nSPS) is 20.6. The van der Waals surface area contributed by atoms with Gasteiger partial charge in [0.1, 0.15) is 0 Å². The summed E-state index contributed by atoms with van der Waals surface area (Å²) in [5, 5.41) is 7.29. The van der Waals surface area contributed by atoms with Crippen molar-refractivity contribution in [3.63, 3.8) is 0 Å². The van der Waals surface area contributed by atoms with Gasteiger partial charge >= 0.3 is 0 Å². The van der Waals surface area contributed by atoms with Gasteiger partial charge in [-0.15, -0.1) is 11.3 Å². The van der Waals surface area contributed by atoms with Gasteiger partial charge in [0.15, 0.2) is 0 Å². The molecule has 0 aliphatic carbocycles. The quantitative estimate of drug-likeness (QED) is 0.868. The number of thiazole rings is 1. The van der Waals surface area contributed by atoms with Crippen LogP contribution in [0.1, 0.15) is 5.89 Å². The highest BCUT2D eigenvalue weighted by molar-refractivity contribution is 7.13. The van der Waals surface area contributed by atoms with Crippen molar-refractivity contribution in [1.82, 2.24) is 20.4 Å². The standard InChI is InChI=1S/C10H12N4O2S/c1-2-15-5-7(12-1)3-9-13-10(14-16-9)8-4-11-6-17-8/h4,6-7,12H,1-3,5H2. The van der Waals surface area contributed by atoms with Gasteiger partial charge in [0, 0.05) is 25.2 Å². The summed E-state index contributed by atoms with van der Waals surface area (Å²) in [5.74, 6) is 1.25. The van der Waals surface area contributed by atoms with Crippen LogP contribution in [0.15, 0.2) is 16.2 Å². The number of nitrogens with one attached hydrogen (secondary N) is 1. The molecule has 0 bridgehead atoms. The van der Waals surface area contributed by atoms with Crippen molar-refractivity contribution in [3.8, 4) is 10.7 Å². The van der Waals surface area contributed by atoms with Crippen molar-refractivity contribution in [2.75, 3.05) is 19.8 Å². The van der Waals surface area contributed by atoms with Gasteiger partial charge < -0.3 is 14.6 Å². The Morgan fingerprint density at radius 2 is 2.53 bits per heavy atom. The van der Waals surface area contributed by atoms with Gasteiger partial charge in [-0.25, -0.2) is 0 Å². The van der Waals surface area contributed by atoms with E-state index < -0.39 is 0 Å². The molecule has 1 fully saturated rings. The maximum absolute atomic E-state index is 5.37. The van der Waals surface area contributed by atoms with Crippen molar-refractivity contribution < 1.29 is 9.26 Å². The van der Waals surface area contributed by atoms with E-state index >= 15 is 0 Å². The van der Waals surface area contributed by atoms with Crippen LogP contribution in [-0.2, 0) is 11.2 Å². The molecule has 1 unspecified atom stereocenters. The molecule has 17 heavy (non-hydrogen) atoms. The highest BCUT2D eigenvalue weighted by Gasteiger charge is 2.18. The lowest BCUT2D eigenvalue weighted by Gasteiger charge is -2.22. The first kappa shape index (κ1) is 10.8. The first-order chi connectivity index (χ1) is 8.42. The minimum atomic E-state index is 0.263. The molecule has 7 heteroatoms. The van der Waals surface area contributed by atoms with Crippen LogP contribution in [0.25, 0.3) is 10.7 Å². The summed E-state index contributed by atoms with van der Waals surface area (Å²) in [6, 6.07) is 0.263. The van der Waals surface area contributed by atoms with Crippen molar-refractivity contribution in [1.29, 1.82) is 0 Å². The van der Waals surface area contributed by atoms with Crippen LogP contribution in [0.2, 0.25) is 0 Å². The lowest BCUT2D eigenvalue weighted by molar-refractivity contribution is 0.0744. The lowest BCUT2D eigenvalue weighted by atomic mass is 10.2. The first-order valence-electron chi connectivity index (χ1n) is 5.44. The van der Waals surface area contributed by atoms with E-state index in [2.05, 4.69) is 20.4 Å². The SMILES string of the molecule is c1ncc(-c2noc(CC3COCCN3)n2)s1. The molecule has 0 amide bonds. The van der Waals surface area contributed by atoms with Gasteiger partial charge in [0.05, 0.1) is 23.6 Å². The molecular weight excluding hydrogens is 240 g/mol. The van der Waals surface area contributed by atoms with Gasteiger partial charge in [0.25, 0.3) is 0 Å². The summed E-state index contributed by atoms with van der Waals surface area (Å²) in [5.41, 5.74) is 1.75. The Morgan fingerprint density at radius 1 is 1.53 bits per heavy atom. The molecule has 2 aromatic heterocycles. The van der Waals surface area contributed by atoms with Gasteiger partial charge in [-0.05, 0) is 0 Å². The Labute approximate surface area is 102 Å². The zero-order valence-electron chi connectivity index (χ0n) is 9.13. The lowest BCUT2D eigenvalue weighted by Crippen LogP contribution is -2.42. The molecule has 1 aliphatic heterocycles. The van der Waals surface area contributed by atoms with Crippen LogP contribution < -0.4 is 5.32 Å². The molecule has 3 rings (SSSR count). The van der Waals surface area contributed by atoms with E-state index in [0.29, 0.717) is 24.7 Å². The number of ether oxygens (including phenoxy) is 1. The summed E-state index contributed by atoms with van der Waals surface area (Å²) in [7, 11) is 0. The summed E-state index contributed by atoms with van der Waals surface area (Å²) < 4.78 is 10.6. The molecule has 1 atom stereocenters. The van der Waals surface area contributed by atoms with Crippen LogP contribution in [0, 0.1) is 0 Å². The molecule has 6 nitrogen and oxygen atoms in total. The van der Waals surface area contributed by atoms with E-state index in [1.807, 2.05) is 0 Å². The van der Waals surface area contributed by atoms with Gasteiger partial charge in [-0.1, -0.05) is 5.16 Å². The molecule has 90 valence electrons. The number of aromatic nitrogens is 3. The number of hydrogen-bond donors (Lipinski definition) is 1. The van der Waals surface area contributed by atoms with E-state index in [0.717, 1.165) is 18.0 Å². The van der Waals surface area contributed by atoms with Crippen LogP contribution in [0.5, 0.6) is 0 Å². The van der Waals surface area contributed by atoms with E-state index in [-0.39, 0.29) is 6.04 Å². The molecule has 0 radical (unpaired) electrons. The predicted molar refractivity (Wildman–Crippen MR) is 61.7 cm³/mol. The third-order valence-electron chi connectivity index (χ3n) is 2.54. The number of morpholine rings is 1. The molecular formula is C10H12N4O2S. The Kier molecular flexibility index (Phi) is 3.12. The van der Waals surface area contributed by atoms with Crippen molar-refractivity contribution in [2.45, 2.75) is 12.5 Å². The third kappa shape index (κ3) is 2.51. The molecule has 2 aromatic rings. The highest BCUT2D eigenvalue weighted by Crippen LogP contribution is 2.19. The average Bonchev–Trinajstić information content (AvgIpc) is 3.00. The highest BCUT2D eigenvalue weighted by atomic mass is 32.1. The monoisotopic (exact) mass is 252 g/mol. The molecule has 1 aliphatic rings. The number of hydrogen-bond acceptors (Lipinski definition) is 7. The molecule has 0 saturated carbocycles. The minimum absolute atomic E-state index is 0.263. The van der Waals surface area contributed by atoms with Crippen LogP contribution in [0.3, 0.4) is 0 Å². The molecule has 3 heterocycles. The van der Waals surface area contributed by atoms with Crippen molar-refractivity contribution >= 4 is 11.3 Å². The second-order valence-electron chi connectivity index (χ2n) is 3.81. The Morgan fingerprint density at radius 3 is 3.29 bits per heavy atom. The molecule has 1 N–H and O–H groups in total. The van der Waals surface area contributed by atoms with E-state index in [1.54, 1.807) is 11.7 Å². The Bertz CT molecular complexity index is 464. The van der Waals surface area contributed by atoms with E-state index in [4.69, 9.17) is 9.26 Å². The summed E-state index contributed by atoms with van der Waals surface area (Å²) in [6.07, 6.45) is 2.44. The summed E-state index contributed by atoms with van der Waals surface area (Å²) in [4.78, 5) is 9.26. The fourth-order valence-corrected chi connectivity index (χ4v) is 2.27. The largest absolute Gasteiger partial charge is 0.378 e. The van der Waals surface area contributed by atoms with Gasteiger partial charge in [-0.2, -0.15) is 4.98 Å². The maximum atomic E-state index is 5.37. The maximum Gasteiger partial charge on any atom is 0.228 e. The molecule has 0 spiro atoms. The zero-order valence-corrected chi connectivity index (χ0v) is 9.94. The number of rotatable bonds is 3. The van der Waals surface area contributed by atoms with Crippen LogP contribution in [0.4, 0.5) is 0 Å². The first-order valence-corrected chi connectivity index (χ1v) is 6.32. The summed E-state index contributed by atoms with van der Waals surface area (Å²) >= 11 is 1.50. The van der Waals surface area contributed by atoms with Gasteiger partial charge in [-0.3, -0.25) is 4.98 Å². The topological polar surface area (TPSA) is 73.1 Å². The fourth-order valence-electron chi connectivity index (χ4n) is 1.73. The molecule has 1 saturated heterocycles. The van der Waals surface area contributed by atoms with Crippen LogP contribution in [-0.4, -0.2) is 40.9 Å². The third-order valence-corrected chi connectivity index (χ3v) is 3.31. The van der Waals surface area contributed by atoms with E-state index in [9.17, 15) is 0 Å². The minimum Gasteiger partial charge on any atom is -0.378 e. The van der Waals surface area contributed by atoms with Crippen molar-refractivity contribution in [2.24, 2.45) is 0 Å².